The molecule has 0 aliphatic heterocycles. The Hall–Kier alpha value is -2.04. The van der Waals surface area contributed by atoms with E-state index in [9.17, 15) is 0 Å². The molecule has 2 rings (SSSR count). The van der Waals surface area contributed by atoms with Crippen LogP contribution in [0.5, 0.6) is 0 Å². The molecule has 18 heavy (non-hydrogen) atoms. The highest BCUT2D eigenvalue weighted by Crippen LogP contribution is 2.16. The van der Waals surface area contributed by atoms with E-state index in [4.69, 9.17) is 11.2 Å². The average Bonchev–Trinajstić information content (AvgIpc) is 2.46. The van der Waals surface area contributed by atoms with E-state index in [-0.39, 0.29) is 6.10 Å². The summed E-state index contributed by atoms with van der Waals surface area (Å²) in [7, 11) is 0. The smallest absolute Gasteiger partial charge is 0.143 e. The van der Waals surface area contributed by atoms with Crippen LogP contribution in [0.4, 0.5) is 0 Å². The van der Waals surface area contributed by atoms with Crippen LogP contribution in [-0.2, 0) is 11.2 Å². The van der Waals surface area contributed by atoms with Gasteiger partial charge in [-0.15, -0.1) is 6.42 Å². The first-order chi connectivity index (χ1) is 8.90. The second-order valence-corrected chi connectivity index (χ2v) is 4.06. The summed E-state index contributed by atoms with van der Waals surface area (Å²) in [5.41, 5.74) is 2.30. The van der Waals surface area contributed by atoms with Gasteiger partial charge in [-0.25, -0.2) is 0 Å². The number of ether oxygens (including phenoxy) is 1. The Morgan fingerprint density at radius 2 is 1.56 bits per heavy atom. The molecule has 0 bridgehead atoms. The molecule has 1 nitrogen and oxygen atoms in total. The first-order valence-corrected chi connectivity index (χ1v) is 6.07. The number of rotatable bonds is 5. The van der Waals surface area contributed by atoms with Crippen molar-refractivity contribution in [1.82, 2.24) is 0 Å². The Morgan fingerprint density at radius 3 is 2.17 bits per heavy atom. The number of benzene rings is 2. The maximum atomic E-state index is 5.75. The third-order valence-electron chi connectivity index (χ3n) is 2.77. The van der Waals surface area contributed by atoms with Gasteiger partial charge in [0, 0.05) is 0 Å². The van der Waals surface area contributed by atoms with Crippen molar-refractivity contribution in [3.8, 4) is 12.3 Å². The van der Waals surface area contributed by atoms with E-state index < -0.39 is 0 Å². The van der Waals surface area contributed by atoms with Crippen LogP contribution >= 0.6 is 0 Å². The van der Waals surface area contributed by atoms with Crippen molar-refractivity contribution in [3.63, 3.8) is 0 Å². The van der Waals surface area contributed by atoms with Gasteiger partial charge in [0.25, 0.3) is 0 Å². The lowest BCUT2D eigenvalue weighted by Gasteiger charge is -2.12. The lowest BCUT2D eigenvalue weighted by Crippen LogP contribution is -2.05. The molecular weight excluding hydrogens is 220 g/mol. The SMILES string of the molecule is C#C[C@@H](OCCc1ccccc1)c1ccccc1. The molecule has 0 amide bonds. The van der Waals surface area contributed by atoms with Crippen molar-refractivity contribution in [2.24, 2.45) is 0 Å². The molecule has 0 N–H and O–H groups in total. The van der Waals surface area contributed by atoms with Crippen molar-refractivity contribution < 1.29 is 4.74 Å². The van der Waals surface area contributed by atoms with Crippen LogP contribution in [0.3, 0.4) is 0 Å². The second-order valence-electron chi connectivity index (χ2n) is 4.06. The predicted octanol–water partition coefficient (Wildman–Crippen LogP) is 3.62. The van der Waals surface area contributed by atoms with E-state index in [1.807, 2.05) is 48.5 Å². The summed E-state index contributed by atoms with van der Waals surface area (Å²) in [6.45, 7) is 0.633. The zero-order valence-electron chi connectivity index (χ0n) is 10.3. The number of hydrogen-bond acceptors (Lipinski definition) is 1. The van der Waals surface area contributed by atoms with E-state index in [1.54, 1.807) is 0 Å². The Balaban J connectivity index is 1.88. The summed E-state index contributed by atoms with van der Waals surface area (Å²) in [5, 5.41) is 0. The van der Waals surface area contributed by atoms with E-state index in [0.717, 1.165) is 12.0 Å². The molecule has 0 saturated carbocycles. The number of hydrogen-bond donors (Lipinski definition) is 0. The van der Waals surface area contributed by atoms with Crippen LogP contribution in [0.1, 0.15) is 17.2 Å². The maximum absolute atomic E-state index is 5.75. The van der Waals surface area contributed by atoms with Gasteiger partial charge in [-0.2, -0.15) is 0 Å². The highest BCUT2D eigenvalue weighted by atomic mass is 16.5. The van der Waals surface area contributed by atoms with E-state index in [1.165, 1.54) is 5.56 Å². The summed E-state index contributed by atoms with van der Waals surface area (Å²) in [6.07, 6.45) is 6.14. The van der Waals surface area contributed by atoms with Gasteiger partial charge < -0.3 is 4.74 Å². The molecule has 0 spiro atoms. The molecule has 2 aromatic carbocycles. The lowest BCUT2D eigenvalue weighted by molar-refractivity contribution is 0.0944. The van der Waals surface area contributed by atoms with E-state index in [0.29, 0.717) is 6.61 Å². The van der Waals surface area contributed by atoms with Gasteiger partial charge in [0.15, 0.2) is 0 Å². The fourth-order valence-electron chi connectivity index (χ4n) is 1.81. The van der Waals surface area contributed by atoms with Crippen molar-refractivity contribution in [2.45, 2.75) is 12.5 Å². The maximum Gasteiger partial charge on any atom is 0.143 e. The minimum absolute atomic E-state index is 0.255. The van der Waals surface area contributed by atoms with Gasteiger partial charge >= 0.3 is 0 Å². The first-order valence-electron chi connectivity index (χ1n) is 6.07. The largest absolute Gasteiger partial charge is 0.360 e. The van der Waals surface area contributed by atoms with Crippen molar-refractivity contribution in [2.75, 3.05) is 6.61 Å². The zero-order chi connectivity index (χ0) is 12.6. The zero-order valence-corrected chi connectivity index (χ0v) is 10.3. The van der Waals surface area contributed by atoms with Gasteiger partial charge in [0.05, 0.1) is 6.61 Å². The molecule has 2 aromatic rings. The second kappa shape index (κ2) is 6.64. The molecule has 0 radical (unpaired) electrons. The van der Waals surface area contributed by atoms with Gasteiger partial charge in [-0.3, -0.25) is 0 Å². The van der Waals surface area contributed by atoms with E-state index >= 15 is 0 Å². The monoisotopic (exact) mass is 236 g/mol. The highest BCUT2D eigenvalue weighted by Gasteiger charge is 2.07. The molecule has 0 unspecified atom stereocenters. The first kappa shape index (κ1) is 12.4. The van der Waals surface area contributed by atoms with Crippen molar-refractivity contribution in [3.05, 3.63) is 71.8 Å². The van der Waals surface area contributed by atoms with Crippen molar-refractivity contribution in [1.29, 1.82) is 0 Å². The normalized spacial score (nSPS) is 11.7. The Labute approximate surface area is 108 Å². The topological polar surface area (TPSA) is 9.23 Å². The third kappa shape index (κ3) is 3.48. The minimum atomic E-state index is -0.255. The van der Waals surface area contributed by atoms with Crippen molar-refractivity contribution >= 4 is 0 Å². The molecule has 1 atom stereocenters. The van der Waals surface area contributed by atoms with Gasteiger partial charge in [-0.1, -0.05) is 66.6 Å². The molecule has 0 aromatic heterocycles. The van der Waals surface area contributed by atoms with E-state index in [2.05, 4.69) is 18.1 Å². The summed E-state index contributed by atoms with van der Waals surface area (Å²) in [6, 6.07) is 20.2. The number of terminal acetylenes is 1. The molecule has 0 saturated heterocycles. The Bertz CT molecular complexity index is 496. The predicted molar refractivity (Wildman–Crippen MR) is 74.1 cm³/mol. The average molecular weight is 236 g/mol. The fraction of sp³-hybridized carbons (Fsp3) is 0.176. The summed E-state index contributed by atoms with van der Waals surface area (Å²) in [5.74, 6) is 2.68. The fourth-order valence-corrected chi connectivity index (χ4v) is 1.81. The Morgan fingerprint density at radius 1 is 0.944 bits per heavy atom. The van der Waals surface area contributed by atoms with Gasteiger partial charge in [0.1, 0.15) is 6.10 Å². The summed E-state index contributed by atoms with van der Waals surface area (Å²) in [4.78, 5) is 0. The molecule has 0 aliphatic rings. The standard InChI is InChI=1S/C17H16O/c1-2-17(16-11-7-4-8-12-16)18-14-13-15-9-5-3-6-10-15/h1,3-12,17H,13-14H2/t17-/m1/s1. The van der Waals surface area contributed by atoms with Crippen LogP contribution in [0.25, 0.3) is 0 Å². The van der Waals surface area contributed by atoms with Crippen LogP contribution in [0, 0.1) is 12.3 Å². The van der Waals surface area contributed by atoms with Gasteiger partial charge in [-0.05, 0) is 17.5 Å². The van der Waals surface area contributed by atoms with Gasteiger partial charge in [0.2, 0.25) is 0 Å². The minimum Gasteiger partial charge on any atom is -0.360 e. The molecule has 1 heteroatoms. The molecule has 0 aliphatic carbocycles. The highest BCUT2D eigenvalue weighted by molar-refractivity contribution is 5.23. The molecule has 90 valence electrons. The van der Waals surface area contributed by atoms with Crippen LogP contribution in [0.2, 0.25) is 0 Å². The summed E-state index contributed by atoms with van der Waals surface area (Å²) < 4.78 is 5.75. The Kier molecular flexibility index (Phi) is 4.58. The third-order valence-corrected chi connectivity index (χ3v) is 2.77. The summed E-state index contributed by atoms with van der Waals surface area (Å²) >= 11 is 0. The lowest BCUT2D eigenvalue weighted by atomic mass is 10.1. The van der Waals surface area contributed by atoms with Crippen LogP contribution < -0.4 is 0 Å². The molecular formula is C17H16O. The van der Waals surface area contributed by atoms with Crippen LogP contribution in [0.15, 0.2) is 60.7 Å². The molecule has 0 fully saturated rings. The quantitative estimate of drug-likeness (QED) is 0.720. The molecule has 0 heterocycles. The van der Waals surface area contributed by atoms with Crippen LogP contribution in [-0.4, -0.2) is 6.61 Å².